The molecule has 0 aliphatic heterocycles. The molecule has 0 aliphatic carbocycles. The van der Waals surface area contributed by atoms with E-state index in [0.717, 1.165) is 21.3 Å². The van der Waals surface area contributed by atoms with Gasteiger partial charge in [0.25, 0.3) is 5.91 Å². The highest BCUT2D eigenvalue weighted by Gasteiger charge is 2.16. The number of carbonyl (C=O) groups is 1. The van der Waals surface area contributed by atoms with Crippen LogP contribution >= 0.6 is 22.9 Å². The molecular formula is C18H16ClN3OS. The van der Waals surface area contributed by atoms with E-state index in [4.69, 9.17) is 11.6 Å². The van der Waals surface area contributed by atoms with Crippen LogP contribution in [0.5, 0.6) is 0 Å². The summed E-state index contributed by atoms with van der Waals surface area (Å²) < 4.78 is 0.982. The van der Waals surface area contributed by atoms with Gasteiger partial charge in [-0.3, -0.25) is 4.79 Å². The molecule has 0 saturated heterocycles. The van der Waals surface area contributed by atoms with Gasteiger partial charge in [-0.1, -0.05) is 41.9 Å². The number of hydrogen-bond donors (Lipinski definition) is 1. The van der Waals surface area contributed by atoms with Crippen LogP contribution < -0.4 is 10.3 Å². The second-order valence-corrected chi connectivity index (χ2v) is 6.86. The fourth-order valence-corrected chi connectivity index (χ4v) is 3.64. The maximum atomic E-state index is 12.3. The van der Waals surface area contributed by atoms with Crippen LogP contribution in [0, 0.1) is 0 Å². The molecule has 3 rings (SSSR count). The first-order valence-corrected chi connectivity index (χ1v) is 8.53. The third-order valence-electron chi connectivity index (χ3n) is 3.53. The number of anilines is 1. The van der Waals surface area contributed by atoms with E-state index >= 15 is 0 Å². The molecule has 3 aromatic rings. The molecule has 6 heteroatoms. The molecule has 0 aliphatic rings. The topological polar surface area (TPSA) is 44.7 Å². The second kappa shape index (κ2) is 7.03. The largest absolute Gasteiger partial charge is 0.378 e. The normalized spacial score (nSPS) is 11.1. The first-order valence-electron chi connectivity index (χ1n) is 7.34. The summed E-state index contributed by atoms with van der Waals surface area (Å²) in [6.45, 7) is 0. The fraction of sp³-hybridized carbons (Fsp3) is 0.111. The average Bonchev–Trinajstić information content (AvgIpc) is 2.93. The molecule has 4 nitrogen and oxygen atoms in total. The maximum absolute atomic E-state index is 12.3. The first kappa shape index (κ1) is 16.5. The molecule has 0 saturated carbocycles. The number of thiophene rings is 1. The van der Waals surface area contributed by atoms with Gasteiger partial charge in [-0.15, -0.1) is 11.3 Å². The van der Waals surface area contributed by atoms with Gasteiger partial charge in [-0.05, 0) is 23.8 Å². The van der Waals surface area contributed by atoms with E-state index in [1.54, 1.807) is 6.21 Å². The highest BCUT2D eigenvalue weighted by molar-refractivity contribution is 7.21. The zero-order chi connectivity index (χ0) is 17.1. The smallest absolute Gasteiger partial charge is 0.283 e. The van der Waals surface area contributed by atoms with Gasteiger partial charge in [0, 0.05) is 29.9 Å². The van der Waals surface area contributed by atoms with Crippen molar-refractivity contribution in [3.63, 3.8) is 0 Å². The fourth-order valence-electron chi connectivity index (χ4n) is 2.23. The summed E-state index contributed by atoms with van der Waals surface area (Å²) in [5, 5.41) is 5.37. The van der Waals surface area contributed by atoms with Gasteiger partial charge in [0.05, 0.1) is 11.2 Å². The number of fused-ring (bicyclic) bond motifs is 1. The van der Waals surface area contributed by atoms with Crippen molar-refractivity contribution in [1.29, 1.82) is 0 Å². The summed E-state index contributed by atoms with van der Waals surface area (Å²) in [5.74, 6) is -0.303. The number of halogens is 1. The van der Waals surface area contributed by atoms with E-state index in [9.17, 15) is 4.79 Å². The summed E-state index contributed by atoms with van der Waals surface area (Å²) in [6.07, 6.45) is 1.61. The third kappa shape index (κ3) is 3.42. The predicted octanol–water partition coefficient (Wildman–Crippen LogP) is 4.38. The number of benzene rings is 2. The number of carbonyl (C=O) groups excluding carboxylic acids is 1. The highest BCUT2D eigenvalue weighted by atomic mass is 35.5. The van der Waals surface area contributed by atoms with Gasteiger partial charge in [0.2, 0.25) is 0 Å². The van der Waals surface area contributed by atoms with E-state index in [1.165, 1.54) is 11.3 Å². The molecule has 1 heterocycles. The lowest BCUT2D eigenvalue weighted by molar-refractivity contribution is 0.0959. The minimum absolute atomic E-state index is 0.303. The number of hydrazone groups is 1. The Bertz CT molecular complexity index is 900. The van der Waals surface area contributed by atoms with E-state index < -0.39 is 0 Å². The molecule has 122 valence electrons. The minimum atomic E-state index is -0.303. The molecule has 0 radical (unpaired) electrons. The lowest BCUT2D eigenvalue weighted by Crippen LogP contribution is -2.16. The van der Waals surface area contributed by atoms with Crippen molar-refractivity contribution in [2.45, 2.75) is 0 Å². The van der Waals surface area contributed by atoms with Gasteiger partial charge >= 0.3 is 0 Å². The number of hydrogen-bond acceptors (Lipinski definition) is 4. The van der Waals surface area contributed by atoms with E-state index in [-0.39, 0.29) is 5.91 Å². The molecule has 0 spiro atoms. The molecule has 0 unspecified atom stereocenters. The van der Waals surface area contributed by atoms with Crippen molar-refractivity contribution in [3.05, 3.63) is 64.0 Å². The zero-order valence-electron chi connectivity index (χ0n) is 13.3. The minimum Gasteiger partial charge on any atom is -0.378 e. The molecule has 1 aromatic heterocycles. The predicted molar refractivity (Wildman–Crippen MR) is 103 cm³/mol. The number of amides is 1. The average molecular weight is 358 g/mol. The number of rotatable bonds is 4. The monoisotopic (exact) mass is 357 g/mol. The Labute approximate surface area is 149 Å². The standard InChI is InChI=1S/C18H16ClN3OS/c1-22(2)13-9-7-12(8-10-13)11-20-21-18(23)17-16(19)14-5-3-4-6-15(14)24-17/h3-11H,1-2H3,(H,21,23)/b20-11-. The van der Waals surface area contributed by atoms with Gasteiger partial charge in [-0.2, -0.15) is 5.10 Å². The Balaban J connectivity index is 1.71. The Hall–Kier alpha value is -2.37. The summed E-state index contributed by atoms with van der Waals surface area (Å²) >= 11 is 7.65. The van der Waals surface area contributed by atoms with Crippen LogP contribution in [0.15, 0.2) is 53.6 Å². The van der Waals surface area contributed by atoms with Gasteiger partial charge in [-0.25, -0.2) is 5.43 Å². The van der Waals surface area contributed by atoms with Crippen LogP contribution in [-0.4, -0.2) is 26.2 Å². The Morgan fingerprint density at radius 3 is 2.54 bits per heavy atom. The molecule has 1 N–H and O–H groups in total. The van der Waals surface area contributed by atoms with Crippen LogP contribution in [0.3, 0.4) is 0 Å². The lowest BCUT2D eigenvalue weighted by Gasteiger charge is -2.11. The molecule has 0 atom stereocenters. The lowest BCUT2D eigenvalue weighted by atomic mass is 10.2. The third-order valence-corrected chi connectivity index (χ3v) is 5.20. The van der Waals surface area contributed by atoms with Crippen molar-refractivity contribution >= 4 is 50.8 Å². The second-order valence-electron chi connectivity index (χ2n) is 5.43. The SMILES string of the molecule is CN(C)c1ccc(/C=N\NC(=O)c2sc3ccccc3c2Cl)cc1. The first-order chi connectivity index (χ1) is 11.6. The van der Waals surface area contributed by atoms with Crippen LogP contribution in [-0.2, 0) is 0 Å². The number of nitrogens with one attached hydrogen (secondary N) is 1. The van der Waals surface area contributed by atoms with E-state index in [1.807, 2.05) is 67.5 Å². The van der Waals surface area contributed by atoms with Crippen LogP contribution in [0.2, 0.25) is 5.02 Å². The molecule has 1 amide bonds. The van der Waals surface area contributed by atoms with Crippen molar-refractivity contribution in [1.82, 2.24) is 5.43 Å². The summed E-state index contributed by atoms with van der Waals surface area (Å²) in [5.41, 5.74) is 4.54. The molecule has 0 bridgehead atoms. The number of nitrogens with zero attached hydrogens (tertiary/aromatic N) is 2. The summed E-state index contributed by atoms with van der Waals surface area (Å²) in [7, 11) is 3.97. The Morgan fingerprint density at radius 2 is 1.88 bits per heavy atom. The maximum Gasteiger partial charge on any atom is 0.283 e. The van der Waals surface area contributed by atoms with Crippen LogP contribution in [0.25, 0.3) is 10.1 Å². The van der Waals surface area contributed by atoms with Gasteiger partial charge in [0.15, 0.2) is 0 Å². The summed E-state index contributed by atoms with van der Waals surface area (Å²) in [6, 6.07) is 15.5. The summed E-state index contributed by atoms with van der Waals surface area (Å²) in [4.78, 5) is 14.8. The van der Waals surface area contributed by atoms with Gasteiger partial charge < -0.3 is 4.90 Å². The van der Waals surface area contributed by atoms with E-state index in [2.05, 4.69) is 10.5 Å². The van der Waals surface area contributed by atoms with Gasteiger partial charge in [0.1, 0.15) is 4.88 Å². The van der Waals surface area contributed by atoms with E-state index in [0.29, 0.717) is 9.90 Å². The molecular weight excluding hydrogens is 342 g/mol. The zero-order valence-corrected chi connectivity index (χ0v) is 14.9. The van der Waals surface area contributed by atoms with Crippen molar-refractivity contribution in [2.24, 2.45) is 5.10 Å². The van der Waals surface area contributed by atoms with Crippen molar-refractivity contribution in [2.75, 3.05) is 19.0 Å². The Kier molecular flexibility index (Phi) is 4.83. The van der Waals surface area contributed by atoms with Crippen molar-refractivity contribution < 1.29 is 4.79 Å². The van der Waals surface area contributed by atoms with Crippen LogP contribution in [0.1, 0.15) is 15.2 Å². The van der Waals surface area contributed by atoms with Crippen LogP contribution in [0.4, 0.5) is 5.69 Å². The highest BCUT2D eigenvalue weighted by Crippen LogP contribution is 2.34. The molecule has 0 fully saturated rings. The molecule has 24 heavy (non-hydrogen) atoms. The quantitative estimate of drug-likeness (QED) is 0.556. The Morgan fingerprint density at radius 1 is 1.17 bits per heavy atom. The van der Waals surface area contributed by atoms with Crippen molar-refractivity contribution in [3.8, 4) is 0 Å². The molecule has 2 aromatic carbocycles.